The lowest BCUT2D eigenvalue weighted by atomic mass is 10.1. The maximum atomic E-state index is 8.91. The van der Waals surface area contributed by atoms with Gasteiger partial charge in [-0.2, -0.15) is 0 Å². The summed E-state index contributed by atoms with van der Waals surface area (Å²) >= 11 is 0. The van der Waals surface area contributed by atoms with Crippen LogP contribution in [0.2, 0.25) is 0 Å². The molecule has 1 aliphatic rings. The van der Waals surface area contributed by atoms with Crippen LogP contribution < -0.4 is 10.6 Å². The lowest BCUT2D eigenvalue weighted by Crippen LogP contribution is -2.47. The van der Waals surface area contributed by atoms with Crippen LogP contribution in [-0.4, -0.2) is 60.4 Å². The fourth-order valence-electron chi connectivity index (χ4n) is 2.27. The van der Waals surface area contributed by atoms with Crippen molar-refractivity contribution in [1.29, 1.82) is 0 Å². The highest BCUT2D eigenvalue weighted by molar-refractivity contribution is 5.97. The standard InChI is InChI=1S/C13H20N4O2/c14-13(15-19)11-1-3-12(4-2-11)17-7-5-16(6-8-17)9-10-18/h1-4,18-19H,5-10H2,(H2,14,15). The van der Waals surface area contributed by atoms with Gasteiger partial charge < -0.3 is 20.9 Å². The van der Waals surface area contributed by atoms with E-state index in [1.807, 2.05) is 24.3 Å². The molecular weight excluding hydrogens is 244 g/mol. The molecule has 0 spiro atoms. The average molecular weight is 264 g/mol. The third kappa shape index (κ3) is 3.36. The molecule has 1 fully saturated rings. The summed E-state index contributed by atoms with van der Waals surface area (Å²) in [5.74, 6) is 0.124. The maximum Gasteiger partial charge on any atom is 0.170 e. The van der Waals surface area contributed by atoms with Crippen molar-refractivity contribution < 1.29 is 10.3 Å². The van der Waals surface area contributed by atoms with Crippen LogP contribution >= 0.6 is 0 Å². The van der Waals surface area contributed by atoms with Gasteiger partial charge in [-0.1, -0.05) is 5.16 Å². The molecule has 2 rings (SSSR count). The van der Waals surface area contributed by atoms with E-state index in [1.165, 1.54) is 0 Å². The van der Waals surface area contributed by atoms with E-state index in [4.69, 9.17) is 16.0 Å². The molecule has 0 atom stereocenters. The van der Waals surface area contributed by atoms with Gasteiger partial charge in [0, 0.05) is 44.0 Å². The Morgan fingerprint density at radius 2 is 1.79 bits per heavy atom. The summed E-state index contributed by atoms with van der Waals surface area (Å²) in [6.45, 7) is 4.78. The molecule has 19 heavy (non-hydrogen) atoms. The summed E-state index contributed by atoms with van der Waals surface area (Å²) in [6.07, 6.45) is 0. The van der Waals surface area contributed by atoms with Crippen LogP contribution in [0, 0.1) is 0 Å². The molecule has 6 heteroatoms. The smallest absolute Gasteiger partial charge is 0.170 e. The first-order chi connectivity index (χ1) is 9.24. The van der Waals surface area contributed by atoms with Crippen molar-refractivity contribution in [3.63, 3.8) is 0 Å². The fraction of sp³-hybridized carbons (Fsp3) is 0.462. The van der Waals surface area contributed by atoms with Gasteiger partial charge in [-0.25, -0.2) is 0 Å². The summed E-state index contributed by atoms with van der Waals surface area (Å²) in [5, 5.41) is 20.5. The lowest BCUT2D eigenvalue weighted by Gasteiger charge is -2.35. The van der Waals surface area contributed by atoms with Gasteiger partial charge in [0.2, 0.25) is 0 Å². The number of aliphatic hydroxyl groups is 1. The third-order valence-electron chi connectivity index (χ3n) is 3.42. The number of rotatable bonds is 4. The Balaban J connectivity index is 1.96. The lowest BCUT2D eigenvalue weighted by molar-refractivity contribution is 0.189. The van der Waals surface area contributed by atoms with Crippen LogP contribution in [0.1, 0.15) is 5.56 Å². The van der Waals surface area contributed by atoms with Crippen molar-refractivity contribution in [3.8, 4) is 0 Å². The number of aliphatic hydroxyl groups excluding tert-OH is 1. The van der Waals surface area contributed by atoms with E-state index in [0.717, 1.165) is 38.4 Å². The van der Waals surface area contributed by atoms with Gasteiger partial charge in [0.25, 0.3) is 0 Å². The molecule has 0 aromatic heterocycles. The predicted molar refractivity (Wildman–Crippen MR) is 74.7 cm³/mol. The average Bonchev–Trinajstić information content (AvgIpc) is 2.48. The number of β-amino-alcohol motifs (C(OH)–C–C–N with tert-alkyl or cyclic N) is 1. The molecule has 0 bridgehead atoms. The Labute approximate surface area is 112 Å². The number of anilines is 1. The summed E-state index contributed by atoms with van der Waals surface area (Å²) in [5.41, 5.74) is 7.38. The van der Waals surface area contributed by atoms with Crippen LogP contribution in [0.25, 0.3) is 0 Å². The zero-order valence-corrected chi connectivity index (χ0v) is 10.9. The van der Waals surface area contributed by atoms with Gasteiger partial charge >= 0.3 is 0 Å². The molecule has 1 aromatic rings. The van der Waals surface area contributed by atoms with Crippen molar-refractivity contribution >= 4 is 11.5 Å². The molecule has 104 valence electrons. The monoisotopic (exact) mass is 264 g/mol. The molecule has 0 unspecified atom stereocenters. The molecule has 1 aliphatic heterocycles. The Kier molecular flexibility index (Phi) is 4.59. The molecule has 6 nitrogen and oxygen atoms in total. The van der Waals surface area contributed by atoms with Gasteiger partial charge in [-0.15, -0.1) is 0 Å². The SMILES string of the molecule is NC(=NO)c1ccc(N2CCN(CCO)CC2)cc1. The van der Waals surface area contributed by atoms with Gasteiger partial charge in [0.05, 0.1) is 6.61 Å². The fourth-order valence-corrected chi connectivity index (χ4v) is 2.27. The van der Waals surface area contributed by atoms with Crippen LogP contribution in [0.15, 0.2) is 29.4 Å². The number of nitrogens with two attached hydrogens (primary N) is 1. The third-order valence-corrected chi connectivity index (χ3v) is 3.42. The van der Waals surface area contributed by atoms with Crippen LogP contribution in [-0.2, 0) is 0 Å². The summed E-state index contributed by atoms with van der Waals surface area (Å²) < 4.78 is 0. The molecule has 0 aliphatic carbocycles. The second-order valence-electron chi connectivity index (χ2n) is 4.58. The van der Waals surface area contributed by atoms with Gasteiger partial charge in [-0.3, -0.25) is 4.90 Å². The number of oxime groups is 1. The van der Waals surface area contributed by atoms with Gasteiger partial charge in [0.15, 0.2) is 5.84 Å². The Morgan fingerprint density at radius 1 is 1.16 bits per heavy atom. The minimum absolute atomic E-state index is 0.124. The zero-order chi connectivity index (χ0) is 13.7. The second-order valence-corrected chi connectivity index (χ2v) is 4.58. The largest absolute Gasteiger partial charge is 0.409 e. The number of hydrogen-bond donors (Lipinski definition) is 3. The minimum Gasteiger partial charge on any atom is -0.409 e. The topological polar surface area (TPSA) is 85.3 Å². The van der Waals surface area contributed by atoms with Crippen LogP contribution in [0.5, 0.6) is 0 Å². The maximum absolute atomic E-state index is 8.91. The number of benzene rings is 1. The second kappa shape index (κ2) is 6.40. The Hall–Kier alpha value is -1.79. The molecule has 4 N–H and O–H groups in total. The molecule has 0 saturated carbocycles. The van der Waals surface area contributed by atoms with Crippen molar-refractivity contribution in [2.24, 2.45) is 10.9 Å². The highest BCUT2D eigenvalue weighted by Gasteiger charge is 2.16. The van der Waals surface area contributed by atoms with E-state index in [9.17, 15) is 0 Å². The number of hydrogen-bond acceptors (Lipinski definition) is 5. The highest BCUT2D eigenvalue weighted by atomic mass is 16.4. The molecule has 0 radical (unpaired) electrons. The Bertz CT molecular complexity index is 425. The quantitative estimate of drug-likeness (QED) is 0.306. The van der Waals surface area contributed by atoms with Crippen molar-refractivity contribution in [2.75, 3.05) is 44.2 Å². The zero-order valence-electron chi connectivity index (χ0n) is 10.9. The van der Waals surface area contributed by atoms with E-state index < -0.39 is 0 Å². The summed E-state index contributed by atoms with van der Waals surface area (Å²) in [4.78, 5) is 4.55. The highest BCUT2D eigenvalue weighted by Crippen LogP contribution is 2.17. The molecule has 1 aromatic carbocycles. The van der Waals surface area contributed by atoms with E-state index in [-0.39, 0.29) is 12.4 Å². The normalized spacial score (nSPS) is 17.7. The van der Waals surface area contributed by atoms with Gasteiger partial charge in [0.1, 0.15) is 0 Å². The number of amidine groups is 1. The first-order valence-electron chi connectivity index (χ1n) is 6.40. The van der Waals surface area contributed by atoms with Gasteiger partial charge in [-0.05, 0) is 24.3 Å². The molecular formula is C13H20N4O2. The molecule has 1 saturated heterocycles. The van der Waals surface area contributed by atoms with Crippen LogP contribution in [0.3, 0.4) is 0 Å². The van der Waals surface area contributed by atoms with Crippen molar-refractivity contribution in [3.05, 3.63) is 29.8 Å². The molecule has 1 heterocycles. The number of nitrogens with zero attached hydrogens (tertiary/aromatic N) is 3. The first kappa shape index (κ1) is 13.6. The summed E-state index contributed by atoms with van der Waals surface area (Å²) in [6, 6.07) is 7.67. The van der Waals surface area contributed by atoms with E-state index in [1.54, 1.807) is 0 Å². The van der Waals surface area contributed by atoms with Crippen LogP contribution in [0.4, 0.5) is 5.69 Å². The van der Waals surface area contributed by atoms with E-state index in [0.29, 0.717) is 5.56 Å². The molecule has 0 amide bonds. The predicted octanol–water partition coefficient (Wildman–Crippen LogP) is -0.105. The first-order valence-corrected chi connectivity index (χ1v) is 6.40. The van der Waals surface area contributed by atoms with E-state index in [2.05, 4.69) is 15.0 Å². The minimum atomic E-state index is 0.124. The van der Waals surface area contributed by atoms with Crippen molar-refractivity contribution in [2.45, 2.75) is 0 Å². The Morgan fingerprint density at radius 3 is 2.32 bits per heavy atom. The van der Waals surface area contributed by atoms with Crippen molar-refractivity contribution in [1.82, 2.24) is 4.90 Å². The van der Waals surface area contributed by atoms with E-state index >= 15 is 0 Å². The summed E-state index contributed by atoms with van der Waals surface area (Å²) in [7, 11) is 0. The number of piperazine rings is 1.